The van der Waals surface area contributed by atoms with Crippen LogP contribution >= 0.6 is 0 Å². The van der Waals surface area contributed by atoms with Gasteiger partial charge in [-0.3, -0.25) is 4.79 Å². The normalized spacial score (nSPS) is 11.5. The Bertz CT molecular complexity index is 1050. The zero-order valence-corrected chi connectivity index (χ0v) is 16.4. The van der Waals surface area contributed by atoms with Gasteiger partial charge in [0, 0.05) is 0 Å². The molecule has 0 spiro atoms. The first-order valence-electron chi connectivity index (χ1n) is 8.89. The van der Waals surface area contributed by atoms with Gasteiger partial charge in [-0.15, -0.1) is 0 Å². The molecule has 1 aromatic heterocycles. The van der Waals surface area contributed by atoms with Crippen LogP contribution in [0.3, 0.4) is 0 Å². The number of carbonyl (C=O) groups is 1. The van der Waals surface area contributed by atoms with E-state index < -0.39 is 11.9 Å². The van der Waals surface area contributed by atoms with Crippen LogP contribution in [0.25, 0.3) is 11.0 Å². The molecule has 0 aliphatic heterocycles. The number of methoxy groups -OCH3 is 3. The summed E-state index contributed by atoms with van der Waals surface area (Å²) in [5.74, 6) is 1.07. The molecule has 8 heteroatoms. The van der Waals surface area contributed by atoms with Crippen LogP contribution in [0.2, 0.25) is 0 Å². The van der Waals surface area contributed by atoms with Crippen molar-refractivity contribution in [3.63, 3.8) is 0 Å². The number of imidazole rings is 1. The zero-order chi connectivity index (χ0) is 20.8. The van der Waals surface area contributed by atoms with Crippen molar-refractivity contribution in [2.75, 3.05) is 21.3 Å². The molecule has 0 amide bonds. The molecule has 150 valence electrons. The number of nitriles is 1. The fourth-order valence-electron chi connectivity index (χ4n) is 3.09. The number of nitrogens with one attached hydrogen (secondary N) is 1. The molecular formula is C21H21N3O5. The van der Waals surface area contributed by atoms with Gasteiger partial charge in [-0.1, -0.05) is 18.2 Å². The summed E-state index contributed by atoms with van der Waals surface area (Å²) in [5, 5.41) is 9.14. The zero-order valence-electron chi connectivity index (χ0n) is 16.4. The van der Waals surface area contributed by atoms with Crippen molar-refractivity contribution in [1.82, 2.24) is 9.97 Å². The summed E-state index contributed by atoms with van der Waals surface area (Å²) in [5.41, 5.74) is 1.75. The van der Waals surface area contributed by atoms with Gasteiger partial charge in [0.1, 0.15) is 23.7 Å². The number of fused-ring (bicyclic) bond motifs is 1. The maximum absolute atomic E-state index is 12.2. The highest BCUT2D eigenvalue weighted by Crippen LogP contribution is 2.33. The fraction of sp³-hybridized carbons (Fsp3) is 0.286. The highest BCUT2D eigenvalue weighted by molar-refractivity contribution is 5.90. The molecule has 29 heavy (non-hydrogen) atoms. The molecule has 0 radical (unpaired) electrons. The van der Waals surface area contributed by atoms with Crippen LogP contribution in [-0.4, -0.2) is 37.3 Å². The van der Waals surface area contributed by atoms with E-state index in [1.807, 2.05) is 18.2 Å². The number of H-pyrrole nitrogens is 1. The molecular weight excluding hydrogens is 374 g/mol. The van der Waals surface area contributed by atoms with E-state index in [0.717, 1.165) is 0 Å². The minimum Gasteiger partial charge on any atom is -0.494 e. The van der Waals surface area contributed by atoms with Crippen molar-refractivity contribution in [2.24, 2.45) is 0 Å². The summed E-state index contributed by atoms with van der Waals surface area (Å²) < 4.78 is 21.4. The maximum atomic E-state index is 12.2. The summed E-state index contributed by atoms with van der Waals surface area (Å²) in [6.45, 7) is 0.152. The van der Waals surface area contributed by atoms with E-state index in [2.05, 4.69) is 9.97 Å². The lowest BCUT2D eigenvalue weighted by atomic mass is 9.95. The number of ether oxygens (including phenoxy) is 4. The van der Waals surface area contributed by atoms with Gasteiger partial charge in [-0.05, 0) is 23.8 Å². The van der Waals surface area contributed by atoms with Gasteiger partial charge in [-0.25, -0.2) is 4.98 Å². The Kier molecular flexibility index (Phi) is 6.19. The molecule has 8 nitrogen and oxygen atoms in total. The van der Waals surface area contributed by atoms with Crippen LogP contribution in [-0.2, 0) is 16.1 Å². The Morgan fingerprint density at radius 3 is 2.48 bits per heavy atom. The summed E-state index contributed by atoms with van der Waals surface area (Å²) in [4.78, 5) is 20.0. The summed E-state index contributed by atoms with van der Waals surface area (Å²) >= 11 is 0. The van der Waals surface area contributed by atoms with Crippen LogP contribution in [0.15, 0.2) is 36.4 Å². The van der Waals surface area contributed by atoms with E-state index in [1.54, 1.807) is 38.5 Å². The first-order chi connectivity index (χ1) is 14.1. The molecule has 0 saturated heterocycles. The predicted octanol–water partition coefficient (Wildman–Crippen LogP) is 3.33. The molecule has 1 unspecified atom stereocenters. The van der Waals surface area contributed by atoms with E-state index >= 15 is 0 Å². The number of esters is 1. The molecule has 0 saturated carbocycles. The largest absolute Gasteiger partial charge is 0.494 e. The van der Waals surface area contributed by atoms with Crippen molar-refractivity contribution < 1.29 is 23.7 Å². The molecule has 0 aliphatic rings. The second-order valence-corrected chi connectivity index (χ2v) is 6.14. The van der Waals surface area contributed by atoms with Gasteiger partial charge in [0.2, 0.25) is 0 Å². The van der Waals surface area contributed by atoms with E-state index in [-0.39, 0.29) is 13.0 Å². The molecule has 1 N–H and O–H groups in total. The van der Waals surface area contributed by atoms with E-state index in [4.69, 9.17) is 24.2 Å². The Hall–Kier alpha value is -3.73. The number of aromatic amines is 1. The average molecular weight is 395 g/mol. The van der Waals surface area contributed by atoms with Gasteiger partial charge in [-0.2, -0.15) is 5.26 Å². The van der Waals surface area contributed by atoms with Crippen molar-refractivity contribution in [1.29, 1.82) is 5.26 Å². The van der Waals surface area contributed by atoms with Gasteiger partial charge < -0.3 is 23.9 Å². The van der Waals surface area contributed by atoms with Crippen molar-refractivity contribution >= 4 is 17.0 Å². The Morgan fingerprint density at radius 2 is 1.83 bits per heavy atom. The Morgan fingerprint density at radius 1 is 1.10 bits per heavy atom. The summed E-state index contributed by atoms with van der Waals surface area (Å²) in [6.07, 6.45) is -0.0198. The number of benzene rings is 2. The minimum absolute atomic E-state index is 0.0198. The van der Waals surface area contributed by atoms with Gasteiger partial charge in [0.05, 0.1) is 45.3 Å². The van der Waals surface area contributed by atoms with Gasteiger partial charge >= 0.3 is 5.97 Å². The molecule has 2 aromatic carbocycles. The quantitative estimate of drug-likeness (QED) is 0.583. The second-order valence-electron chi connectivity index (χ2n) is 6.14. The number of rotatable bonds is 8. The number of para-hydroxylation sites is 2. The summed E-state index contributed by atoms with van der Waals surface area (Å²) in [6, 6.07) is 12.8. The van der Waals surface area contributed by atoms with E-state index in [1.165, 1.54) is 7.11 Å². The van der Waals surface area contributed by atoms with Crippen molar-refractivity contribution in [3.05, 3.63) is 47.8 Å². The third-order valence-corrected chi connectivity index (χ3v) is 4.50. The third-order valence-electron chi connectivity index (χ3n) is 4.50. The topological polar surface area (TPSA) is 106 Å². The van der Waals surface area contributed by atoms with Crippen LogP contribution in [0.4, 0.5) is 0 Å². The molecule has 1 atom stereocenters. The van der Waals surface area contributed by atoms with E-state index in [0.29, 0.717) is 39.7 Å². The first-order valence-corrected chi connectivity index (χ1v) is 8.89. The Labute approximate surface area is 168 Å². The minimum atomic E-state index is -0.746. The molecule has 0 fully saturated rings. The number of hydrogen-bond acceptors (Lipinski definition) is 7. The maximum Gasteiger partial charge on any atom is 0.314 e. The standard InChI is InChI=1S/C21H21N3O5/c1-26-15-6-4-5-7-16(15)29-12-18-23-19-13(14(10-11-22)21(25)28-3)8-9-17(27-2)20(19)24-18/h4-9,14H,10,12H2,1-3H3,(H,23,24). The van der Waals surface area contributed by atoms with Crippen LogP contribution in [0.5, 0.6) is 17.2 Å². The predicted molar refractivity (Wildman–Crippen MR) is 105 cm³/mol. The summed E-state index contributed by atoms with van der Waals surface area (Å²) in [7, 11) is 4.42. The van der Waals surface area contributed by atoms with Crippen LogP contribution in [0, 0.1) is 11.3 Å². The van der Waals surface area contributed by atoms with Crippen LogP contribution in [0.1, 0.15) is 23.7 Å². The third kappa shape index (κ3) is 4.09. The number of carbonyl (C=O) groups excluding carboxylic acids is 1. The first kappa shape index (κ1) is 20.0. The van der Waals surface area contributed by atoms with E-state index in [9.17, 15) is 4.79 Å². The fourth-order valence-corrected chi connectivity index (χ4v) is 3.09. The SMILES string of the molecule is COC(=O)C(CC#N)c1ccc(OC)c2[nH]c(COc3ccccc3OC)nc12. The number of hydrogen-bond donors (Lipinski definition) is 1. The lowest BCUT2D eigenvalue weighted by Gasteiger charge is -2.13. The monoisotopic (exact) mass is 395 g/mol. The van der Waals surface area contributed by atoms with Crippen molar-refractivity contribution in [2.45, 2.75) is 18.9 Å². The molecule has 0 bridgehead atoms. The molecule has 3 rings (SSSR count). The van der Waals surface area contributed by atoms with Crippen LogP contribution < -0.4 is 14.2 Å². The average Bonchev–Trinajstić information content (AvgIpc) is 3.19. The molecule has 3 aromatic rings. The van der Waals surface area contributed by atoms with Gasteiger partial charge in [0.25, 0.3) is 0 Å². The highest BCUT2D eigenvalue weighted by Gasteiger charge is 2.26. The lowest BCUT2D eigenvalue weighted by Crippen LogP contribution is -2.14. The number of aromatic nitrogens is 2. The highest BCUT2D eigenvalue weighted by atomic mass is 16.5. The lowest BCUT2D eigenvalue weighted by molar-refractivity contribution is -0.142. The molecule has 1 heterocycles. The second kappa shape index (κ2) is 8.97. The van der Waals surface area contributed by atoms with Crippen molar-refractivity contribution in [3.8, 4) is 23.3 Å². The van der Waals surface area contributed by atoms with Gasteiger partial charge in [0.15, 0.2) is 11.5 Å². The number of nitrogens with zero attached hydrogens (tertiary/aromatic N) is 2. The smallest absolute Gasteiger partial charge is 0.314 e. The molecule has 0 aliphatic carbocycles. The Balaban J connectivity index is 1.98.